The van der Waals surface area contributed by atoms with Crippen molar-refractivity contribution in [2.45, 2.75) is 0 Å². The van der Waals surface area contributed by atoms with Crippen molar-refractivity contribution in [1.82, 2.24) is 0 Å². The van der Waals surface area contributed by atoms with Gasteiger partial charge in [0.2, 0.25) is 0 Å². The molecule has 0 spiro atoms. The van der Waals surface area contributed by atoms with E-state index in [1.165, 1.54) is 11.1 Å². The number of hydrogen-bond donors (Lipinski definition) is 0. The standard InChI is InChI=1S/C32H30O4/c1-33-29-17-25(18-30(21-29)34-2)7-5-23-9-13-27(14-10-23)28-15-11-24(12-16-28)6-8-26-19-31(35-3)22-32(20-26)36-4/h5-22H,1-4H3/b7-5-,8-6+. The summed E-state index contributed by atoms with van der Waals surface area (Å²) in [5.41, 5.74) is 6.62. The van der Waals surface area contributed by atoms with E-state index in [0.29, 0.717) is 0 Å². The van der Waals surface area contributed by atoms with Gasteiger partial charge in [0, 0.05) is 12.1 Å². The molecule has 4 aromatic rings. The van der Waals surface area contributed by atoms with E-state index in [1.807, 2.05) is 36.4 Å². The molecule has 0 aliphatic heterocycles. The van der Waals surface area contributed by atoms with Crippen LogP contribution in [-0.4, -0.2) is 28.4 Å². The van der Waals surface area contributed by atoms with Gasteiger partial charge in [0.15, 0.2) is 0 Å². The molecule has 4 heteroatoms. The molecule has 4 nitrogen and oxygen atoms in total. The maximum absolute atomic E-state index is 5.35. The van der Waals surface area contributed by atoms with Gasteiger partial charge in [0.05, 0.1) is 28.4 Å². The molecule has 4 rings (SSSR count). The first-order valence-electron chi connectivity index (χ1n) is 11.6. The van der Waals surface area contributed by atoms with Gasteiger partial charge in [-0.05, 0) is 57.6 Å². The summed E-state index contributed by atoms with van der Waals surface area (Å²) in [7, 11) is 6.62. The second-order valence-corrected chi connectivity index (χ2v) is 8.20. The van der Waals surface area contributed by atoms with Gasteiger partial charge < -0.3 is 18.9 Å². The predicted octanol–water partition coefficient (Wildman–Crippen LogP) is 7.73. The first-order valence-corrected chi connectivity index (χ1v) is 11.6. The average molecular weight is 479 g/mol. The molecular formula is C32H30O4. The van der Waals surface area contributed by atoms with Gasteiger partial charge in [0.25, 0.3) is 0 Å². The van der Waals surface area contributed by atoms with Crippen LogP contribution in [0.1, 0.15) is 22.3 Å². The fourth-order valence-electron chi connectivity index (χ4n) is 3.81. The fraction of sp³-hybridized carbons (Fsp3) is 0.125. The zero-order chi connectivity index (χ0) is 25.3. The van der Waals surface area contributed by atoms with Crippen LogP contribution in [0.5, 0.6) is 23.0 Å². The predicted molar refractivity (Wildman–Crippen MR) is 149 cm³/mol. The van der Waals surface area contributed by atoms with Crippen LogP contribution in [0.25, 0.3) is 35.4 Å². The van der Waals surface area contributed by atoms with Crippen LogP contribution in [0.2, 0.25) is 0 Å². The van der Waals surface area contributed by atoms with Gasteiger partial charge in [-0.3, -0.25) is 0 Å². The average Bonchev–Trinajstić information content (AvgIpc) is 2.95. The lowest BCUT2D eigenvalue weighted by atomic mass is 10.0. The van der Waals surface area contributed by atoms with E-state index in [-0.39, 0.29) is 0 Å². The Bertz CT molecular complexity index is 1200. The van der Waals surface area contributed by atoms with Crippen molar-refractivity contribution in [3.63, 3.8) is 0 Å². The Balaban J connectivity index is 1.44. The SMILES string of the molecule is COc1cc(/C=C\c2ccc(-c3ccc(/C=C/c4cc(OC)cc(OC)c4)cc3)cc2)cc(OC)c1. The first-order chi connectivity index (χ1) is 17.6. The molecule has 0 N–H and O–H groups in total. The highest BCUT2D eigenvalue weighted by Crippen LogP contribution is 2.26. The lowest BCUT2D eigenvalue weighted by Gasteiger charge is -2.06. The Morgan fingerprint density at radius 1 is 0.361 bits per heavy atom. The van der Waals surface area contributed by atoms with Crippen molar-refractivity contribution < 1.29 is 18.9 Å². The smallest absolute Gasteiger partial charge is 0.123 e. The third-order valence-corrected chi connectivity index (χ3v) is 5.84. The summed E-state index contributed by atoms with van der Waals surface area (Å²) in [4.78, 5) is 0. The first kappa shape index (κ1) is 24.7. The Hall–Kier alpha value is -4.44. The topological polar surface area (TPSA) is 36.9 Å². The van der Waals surface area contributed by atoms with E-state index in [0.717, 1.165) is 45.3 Å². The highest BCUT2D eigenvalue weighted by molar-refractivity contribution is 5.75. The van der Waals surface area contributed by atoms with Gasteiger partial charge in [-0.25, -0.2) is 0 Å². The van der Waals surface area contributed by atoms with E-state index >= 15 is 0 Å². The summed E-state index contributed by atoms with van der Waals surface area (Å²) in [6, 6.07) is 28.7. The molecule has 0 aliphatic carbocycles. The third-order valence-electron chi connectivity index (χ3n) is 5.84. The second kappa shape index (κ2) is 11.8. The van der Waals surface area contributed by atoms with Crippen molar-refractivity contribution >= 4 is 24.3 Å². The summed E-state index contributed by atoms with van der Waals surface area (Å²) < 4.78 is 21.4. The molecule has 0 aliphatic rings. The van der Waals surface area contributed by atoms with Gasteiger partial charge in [-0.1, -0.05) is 72.8 Å². The Kier molecular flexibility index (Phi) is 8.09. The molecule has 182 valence electrons. The molecule has 4 aromatic carbocycles. The highest BCUT2D eigenvalue weighted by atomic mass is 16.5. The molecule has 0 bridgehead atoms. The number of benzene rings is 4. The lowest BCUT2D eigenvalue weighted by Crippen LogP contribution is -1.88. The van der Waals surface area contributed by atoms with Crippen molar-refractivity contribution in [3.8, 4) is 34.1 Å². The molecule has 0 radical (unpaired) electrons. The van der Waals surface area contributed by atoms with Crippen LogP contribution in [-0.2, 0) is 0 Å². The van der Waals surface area contributed by atoms with E-state index < -0.39 is 0 Å². The Morgan fingerprint density at radius 3 is 0.917 bits per heavy atom. The lowest BCUT2D eigenvalue weighted by molar-refractivity contribution is 0.394. The molecule has 36 heavy (non-hydrogen) atoms. The zero-order valence-electron chi connectivity index (χ0n) is 21.0. The molecule has 0 saturated heterocycles. The minimum absolute atomic E-state index is 0.769. The Morgan fingerprint density at radius 2 is 0.639 bits per heavy atom. The fourth-order valence-corrected chi connectivity index (χ4v) is 3.81. The number of ether oxygens (including phenoxy) is 4. The minimum Gasteiger partial charge on any atom is -0.497 e. The number of rotatable bonds is 9. The van der Waals surface area contributed by atoms with Crippen molar-refractivity contribution in [3.05, 3.63) is 107 Å². The molecular weight excluding hydrogens is 448 g/mol. The van der Waals surface area contributed by atoms with Crippen LogP contribution >= 0.6 is 0 Å². The van der Waals surface area contributed by atoms with Crippen molar-refractivity contribution in [2.24, 2.45) is 0 Å². The monoisotopic (exact) mass is 478 g/mol. The Labute approximate surface area is 213 Å². The van der Waals surface area contributed by atoms with Gasteiger partial charge in [0.1, 0.15) is 23.0 Å². The minimum atomic E-state index is 0.769. The summed E-state index contributed by atoms with van der Waals surface area (Å²) in [5, 5.41) is 0. The molecule has 0 saturated carbocycles. The van der Waals surface area contributed by atoms with E-state index in [9.17, 15) is 0 Å². The van der Waals surface area contributed by atoms with E-state index in [4.69, 9.17) is 18.9 Å². The number of methoxy groups -OCH3 is 4. The van der Waals surface area contributed by atoms with E-state index in [2.05, 4.69) is 72.8 Å². The summed E-state index contributed by atoms with van der Waals surface area (Å²) in [6.45, 7) is 0. The van der Waals surface area contributed by atoms with Crippen LogP contribution in [0.3, 0.4) is 0 Å². The summed E-state index contributed by atoms with van der Waals surface area (Å²) >= 11 is 0. The molecule has 0 atom stereocenters. The van der Waals surface area contributed by atoms with E-state index in [1.54, 1.807) is 28.4 Å². The largest absolute Gasteiger partial charge is 0.497 e. The quantitative estimate of drug-likeness (QED) is 0.231. The molecule has 0 amide bonds. The highest BCUT2D eigenvalue weighted by Gasteiger charge is 2.02. The van der Waals surface area contributed by atoms with Crippen molar-refractivity contribution in [1.29, 1.82) is 0 Å². The van der Waals surface area contributed by atoms with Gasteiger partial charge >= 0.3 is 0 Å². The third kappa shape index (κ3) is 6.36. The van der Waals surface area contributed by atoms with Crippen molar-refractivity contribution in [2.75, 3.05) is 28.4 Å². The van der Waals surface area contributed by atoms with Gasteiger partial charge in [-0.15, -0.1) is 0 Å². The molecule has 0 fully saturated rings. The zero-order valence-corrected chi connectivity index (χ0v) is 21.0. The van der Waals surface area contributed by atoms with Crippen LogP contribution < -0.4 is 18.9 Å². The van der Waals surface area contributed by atoms with Crippen LogP contribution in [0.15, 0.2) is 84.9 Å². The normalized spacial score (nSPS) is 11.1. The van der Waals surface area contributed by atoms with Crippen LogP contribution in [0.4, 0.5) is 0 Å². The second-order valence-electron chi connectivity index (χ2n) is 8.20. The van der Waals surface area contributed by atoms with Crippen LogP contribution in [0, 0.1) is 0 Å². The van der Waals surface area contributed by atoms with Gasteiger partial charge in [-0.2, -0.15) is 0 Å². The molecule has 0 unspecified atom stereocenters. The number of hydrogen-bond acceptors (Lipinski definition) is 4. The molecule has 0 aromatic heterocycles. The molecule has 0 heterocycles. The maximum atomic E-state index is 5.35. The summed E-state index contributed by atoms with van der Waals surface area (Å²) in [6.07, 6.45) is 8.27. The maximum Gasteiger partial charge on any atom is 0.123 e. The summed E-state index contributed by atoms with van der Waals surface area (Å²) in [5.74, 6) is 3.08.